The highest BCUT2D eigenvalue weighted by Crippen LogP contribution is 2.16. The van der Waals surface area contributed by atoms with Gasteiger partial charge in [0.15, 0.2) is 0 Å². The first-order chi connectivity index (χ1) is 8.81. The molecule has 18 heavy (non-hydrogen) atoms. The van der Waals surface area contributed by atoms with Crippen LogP contribution in [0.3, 0.4) is 0 Å². The van der Waals surface area contributed by atoms with Crippen LogP contribution in [0.25, 0.3) is 0 Å². The summed E-state index contributed by atoms with van der Waals surface area (Å²) in [6.07, 6.45) is 3.23. The number of nitrogens with zero attached hydrogens (tertiary/aromatic N) is 1. The largest absolute Gasteiger partial charge is 0.379 e. The Balaban J connectivity index is 1.66. The van der Waals surface area contributed by atoms with Gasteiger partial charge < -0.3 is 19.7 Å². The third kappa shape index (κ3) is 3.67. The van der Waals surface area contributed by atoms with Gasteiger partial charge in [-0.2, -0.15) is 0 Å². The molecule has 2 saturated heterocycles. The summed E-state index contributed by atoms with van der Waals surface area (Å²) in [6, 6.07) is 0.0483. The van der Waals surface area contributed by atoms with Crippen molar-refractivity contribution >= 4 is 5.91 Å². The van der Waals surface area contributed by atoms with Gasteiger partial charge in [-0.25, -0.2) is 0 Å². The predicted octanol–water partition coefficient (Wildman–Crippen LogP) is 0.392. The monoisotopic (exact) mass is 256 g/mol. The third-order valence-electron chi connectivity index (χ3n) is 3.60. The molecular weight excluding hydrogens is 232 g/mol. The summed E-state index contributed by atoms with van der Waals surface area (Å²) in [6.45, 7) is 6.52. The highest BCUT2D eigenvalue weighted by atomic mass is 16.5. The molecule has 5 heteroatoms. The van der Waals surface area contributed by atoms with Crippen LogP contribution in [-0.2, 0) is 14.3 Å². The Morgan fingerprint density at radius 1 is 1.39 bits per heavy atom. The average Bonchev–Trinajstić information content (AvgIpc) is 3.05. The molecule has 0 aromatic heterocycles. The van der Waals surface area contributed by atoms with E-state index in [2.05, 4.69) is 5.32 Å². The van der Waals surface area contributed by atoms with Crippen LogP contribution >= 0.6 is 0 Å². The van der Waals surface area contributed by atoms with Gasteiger partial charge in [-0.05, 0) is 32.7 Å². The molecule has 2 fully saturated rings. The van der Waals surface area contributed by atoms with E-state index < -0.39 is 0 Å². The number of nitrogens with one attached hydrogen (secondary N) is 1. The molecule has 0 aromatic carbocycles. The second-order valence-electron chi connectivity index (χ2n) is 4.91. The first-order valence-corrected chi connectivity index (χ1v) is 7.02. The number of carbonyl (C=O) groups is 1. The van der Waals surface area contributed by atoms with E-state index in [9.17, 15) is 4.79 Å². The fraction of sp³-hybridized carbons (Fsp3) is 0.923. The van der Waals surface area contributed by atoms with Gasteiger partial charge >= 0.3 is 0 Å². The molecule has 1 amide bonds. The van der Waals surface area contributed by atoms with Gasteiger partial charge in [0.1, 0.15) is 0 Å². The van der Waals surface area contributed by atoms with Crippen LogP contribution in [-0.4, -0.2) is 62.4 Å². The number of hydrogen-bond acceptors (Lipinski definition) is 4. The average molecular weight is 256 g/mol. The number of hydrogen-bond donors (Lipinski definition) is 1. The zero-order chi connectivity index (χ0) is 12.8. The lowest BCUT2D eigenvalue weighted by atomic mass is 10.2. The molecule has 2 atom stereocenters. The van der Waals surface area contributed by atoms with Crippen molar-refractivity contribution in [3.63, 3.8) is 0 Å². The van der Waals surface area contributed by atoms with Crippen molar-refractivity contribution < 1.29 is 14.3 Å². The maximum Gasteiger partial charge on any atom is 0.239 e. The summed E-state index contributed by atoms with van der Waals surface area (Å²) in [4.78, 5) is 14.1. The smallest absolute Gasteiger partial charge is 0.239 e. The van der Waals surface area contributed by atoms with E-state index in [0.29, 0.717) is 13.2 Å². The van der Waals surface area contributed by atoms with Crippen LogP contribution in [0, 0.1) is 0 Å². The second kappa shape index (κ2) is 7.07. The molecule has 2 aliphatic heterocycles. The molecule has 2 rings (SSSR count). The molecule has 0 unspecified atom stereocenters. The summed E-state index contributed by atoms with van der Waals surface area (Å²) in [5.74, 6) is 0.253. The van der Waals surface area contributed by atoms with Crippen molar-refractivity contribution in [3.8, 4) is 0 Å². The van der Waals surface area contributed by atoms with Gasteiger partial charge in [0, 0.05) is 19.7 Å². The molecule has 0 radical (unpaired) electrons. The van der Waals surface area contributed by atoms with E-state index in [4.69, 9.17) is 9.47 Å². The molecule has 2 heterocycles. The Kier molecular flexibility index (Phi) is 5.41. The minimum absolute atomic E-state index is 0.0483. The molecule has 5 nitrogen and oxygen atoms in total. The fourth-order valence-corrected chi connectivity index (χ4v) is 2.60. The van der Waals surface area contributed by atoms with E-state index in [-0.39, 0.29) is 18.1 Å². The summed E-state index contributed by atoms with van der Waals surface area (Å²) in [5.41, 5.74) is 0. The highest BCUT2D eigenvalue weighted by molar-refractivity contribution is 5.82. The molecule has 0 aliphatic carbocycles. The van der Waals surface area contributed by atoms with Gasteiger partial charge in [-0.1, -0.05) is 0 Å². The first-order valence-electron chi connectivity index (χ1n) is 7.02. The summed E-state index contributed by atoms with van der Waals surface area (Å²) in [5, 5.41) is 3.26. The molecule has 0 saturated carbocycles. The lowest BCUT2D eigenvalue weighted by Gasteiger charge is -2.20. The number of carbonyl (C=O) groups excluding carboxylic acids is 1. The van der Waals surface area contributed by atoms with Crippen LogP contribution in [0.1, 0.15) is 26.2 Å². The molecule has 0 spiro atoms. The topological polar surface area (TPSA) is 50.8 Å². The number of ether oxygens (including phenoxy) is 2. The normalized spacial score (nSPS) is 27.9. The Bertz CT molecular complexity index is 267. The fourth-order valence-electron chi connectivity index (χ4n) is 2.60. The maximum atomic E-state index is 12.2. The number of amides is 1. The van der Waals surface area contributed by atoms with Crippen LogP contribution in [0.5, 0.6) is 0 Å². The second-order valence-corrected chi connectivity index (χ2v) is 4.91. The molecule has 1 N–H and O–H groups in total. The zero-order valence-electron chi connectivity index (χ0n) is 11.2. The Hall–Kier alpha value is -0.650. The Morgan fingerprint density at radius 3 is 3.00 bits per heavy atom. The highest BCUT2D eigenvalue weighted by Gasteiger charge is 2.32. The Morgan fingerprint density at radius 2 is 2.28 bits per heavy atom. The van der Waals surface area contributed by atoms with Gasteiger partial charge in [0.05, 0.1) is 25.4 Å². The summed E-state index contributed by atoms with van der Waals surface area (Å²) < 4.78 is 10.9. The van der Waals surface area contributed by atoms with Gasteiger partial charge in [0.2, 0.25) is 5.91 Å². The zero-order valence-corrected chi connectivity index (χ0v) is 11.2. The van der Waals surface area contributed by atoms with E-state index in [1.807, 2.05) is 11.8 Å². The van der Waals surface area contributed by atoms with E-state index in [1.165, 1.54) is 0 Å². The SMILES string of the molecule is CCOCCO[C@H]1CCN(C(=O)[C@@H]2CCCN2)C1. The van der Waals surface area contributed by atoms with Crippen molar-refractivity contribution in [1.82, 2.24) is 10.2 Å². The van der Waals surface area contributed by atoms with Crippen molar-refractivity contribution in [3.05, 3.63) is 0 Å². The van der Waals surface area contributed by atoms with Crippen molar-refractivity contribution in [2.75, 3.05) is 39.5 Å². The van der Waals surface area contributed by atoms with Crippen molar-refractivity contribution in [1.29, 1.82) is 0 Å². The third-order valence-corrected chi connectivity index (χ3v) is 3.60. The molecule has 0 bridgehead atoms. The minimum atomic E-state index is 0.0483. The number of rotatable bonds is 6. The van der Waals surface area contributed by atoms with Gasteiger partial charge in [-0.15, -0.1) is 0 Å². The summed E-state index contributed by atoms with van der Waals surface area (Å²) in [7, 11) is 0. The van der Waals surface area contributed by atoms with Gasteiger partial charge in [-0.3, -0.25) is 4.79 Å². The summed E-state index contributed by atoms with van der Waals surface area (Å²) >= 11 is 0. The minimum Gasteiger partial charge on any atom is -0.379 e. The molecule has 104 valence electrons. The van der Waals surface area contributed by atoms with Crippen molar-refractivity contribution in [2.24, 2.45) is 0 Å². The predicted molar refractivity (Wildman–Crippen MR) is 68.5 cm³/mol. The quantitative estimate of drug-likeness (QED) is 0.699. The Labute approximate surface area is 109 Å². The van der Waals surface area contributed by atoms with Crippen LogP contribution in [0.15, 0.2) is 0 Å². The van der Waals surface area contributed by atoms with Crippen molar-refractivity contribution in [2.45, 2.75) is 38.3 Å². The molecule has 0 aromatic rings. The maximum absolute atomic E-state index is 12.2. The molecule has 2 aliphatic rings. The van der Waals surface area contributed by atoms with Gasteiger partial charge in [0.25, 0.3) is 0 Å². The molecular formula is C13H24N2O3. The van der Waals surface area contributed by atoms with Crippen LogP contribution in [0.4, 0.5) is 0 Å². The first kappa shape index (κ1) is 13.8. The van der Waals surface area contributed by atoms with Crippen LogP contribution < -0.4 is 5.32 Å². The standard InChI is InChI=1S/C13H24N2O3/c1-2-17-8-9-18-11-5-7-15(10-11)13(16)12-4-3-6-14-12/h11-12,14H,2-10H2,1H3/t11-,12-/m0/s1. The number of likely N-dealkylation sites (tertiary alicyclic amines) is 1. The lowest BCUT2D eigenvalue weighted by molar-refractivity contribution is -0.132. The van der Waals surface area contributed by atoms with E-state index in [1.54, 1.807) is 0 Å². The lowest BCUT2D eigenvalue weighted by Crippen LogP contribution is -2.42. The van der Waals surface area contributed by atoms with E-state index >= 15 is 0 Å². The van der Waals surface area contributed by atoms with Crippen LogP contribution in [0.2, 0.25) is 0 Å². The van der Waals surface area contributed by atoms with E-state index in [0.717, 1.165) is 45.5 Å².